The molecule has 0 radical (unpaired) electrons. The fourth-order valence-corrected chi connectivity index (χ4v) is 3.71. The average molecular weight is 388 g/mol. The summed E-state index contributed by atoms with van der Waals surface area (Å²) in [6, 6.07) is 8.13. The van der Waals surface area contributed by atoms with Crippen molar-refractivity contribution >= 4 is 29.3 Å². The summed E-state index contributed by atoms with van der Waals surface area (Å²) in [6.07, 6.45) is -0.908. The molecular formula is C21H25NO4S. The summed E-state index contributed by atoms with van der Waals surface area (Å²) in [5.41, 5.74) is 4.42. The Labute approximate surface area is 163 Å². The van der Waals surface area contributed by atoms with Gasteiger partial charge in [-0.05, 0) is 45.7 Å². The van der Waals surface area contributed by atoms with Crippen LogP contribution in [0.1, 0.15) is 57.1 Å². The number of hydrogen-bond acceptors (Lipinski definition) is 5. The number of carbonyl (C=O) groups excluding carboxylic acids is 3. The van der Waals surface area contributed by atoms with Crippen LogP contribution >= 0.6 is 11.8 Å². The minimum absolute atomic E-state index is 0.0996. The van der Waals surface area contributed by atoms with Gasteiger partial charge in [-0.25, -0.2) is 0 Å². The van der Waals surface area contributed by atoms with E-state index < -0.39 is 12.1 Å². The van der Waals surface area contributed by atoms with Gasteiger partial charge in [-0.15, -0.1) is 11.8 Å². The van der Waals surface area contributed by atoms with Crippen LogP contribution in [0.4, 0.5) is 0 Å². The predicted molar refractivity (Wildman–Crippen MR) is 107 cm³/mol. The molecule has 144 valence electrons. The van der Waals surface area contributed by atoms with Gasteiger partial charge < -0.3 is 9.72 Å². The first-order valence-corrected chi connectivity index (χ1v) is 9.93. The number of thioether (sulfide) groups is 1. The quantitative estimate of drug-likeness (QED) is 0.543. The van der Waals surface area contributed by atoms with E-state index >= 15 is 0 Å². The molecule has 5 nitrogen and oxygen atoms in total. The second kappa shape index (κ2) is 9.04. The highest BCUT2D eigenvalue weighted by Gasteiger charge is 2.25. The maximum absolute atomic E-state index is 12.6. The first-order valence-electron chi connectivity index (χ1n) is 8.77. The Bertz CT molecular complexity index is 852. The highest BCUT2D eigenvalue weighted by molar-refractivity contribution is 7.99. The van der Waals surface area contributed by atoms with Crippen LogP contribution in [-0.2, 0) is 15.3 Å². The van der Waals surface area contributed by atoms with Gasteiger partial charge in [-0.3, -0.25) is 14.4 Å². The molecule has 0 unspecified atom stereocenters. The predicted octanol–water partition coefficient (Wildman–Crippen LogP) is 4.19. The molecule has 27 heavy (non-hydrogen) atoms. The van der Waals surface area contributed by atoms with E-state index in [9.17, 15) is 14.4 Å². The Hall–Kier alpha value is -2.34. The Balaban J connectivity index is 1.90. The molecule has 0 amide bonds. The Morgan fingerprint density at radius 1 is 1.11 bits per heavy atom. The summed E-state index contributed by atoms with van der Waals surface area (Å²) < 4.78 is 5.27. The first-order chi connectivity index (χ1) is 12.7. The lowest BCUT2D eigenvalue weighted by Gasteiger charge is -2.12. The smallest absolute Gasteiger partial charge is 0.316 e. The number of aromatic nitrogens is 1. The number of aryl methyl sites for hydroxylation is 2. The molecule has 2 rings (SSSR count). The van der Waals surface area contributed by atoms with E-state index in [1.807, 2.05) is 31.2 Å². The van der Waals surface area contributed by atoms with Crippen molar-refractivity contribution in [2.45, 2.75) is 46.5 Å². The highest BCUT2D eigenvalue weighted by Crippen LogP contribution is 2.21. The molecule has 0 aliphatic heterocycles. The fraction of sp³-hybridized carbons (Fsp3) is 0.381. The van der Waals surface area contributed by atoms with Gasteiger partial charge in [0.05, 0.1) is 11.4 Å². The van der Waals surface area contributed by atoms with Crippen molar-refractivity contribution in [3.8, 4) is 0 Å². The second-order valence-corrected chi connectivity index (χ2v) is 7.64. The summed E-state index contributed by atoms with van der Waals surface area (Å²) in [5, 5.41) is 0. The molecule has 1 heterocycles. The zero-order valence-electron chi connectivity index (χ0n) is 16.3. The number of hydrogen-bond donors (Lipinski definition) is 1. The van der Waals surface area contributed by atoms with Gasteiger partial charge >= 0.3 is 5.97 Å². The minimum atomic E-state index is -0.908. The van der Waals surface area contributed by atoms with Crippen LogP contribution in [0.3, 0.4) is 0 Å². The number of esters is 1. The standard InChI is InChI=1S/C21H25NO4S/c1-12-6-8-17(9-7-12)10-27-11-18(24)26-16(5)21(25)20-13(2)19(15(4)23)14(3)22-20/h6-9,16,22H,10-11H2,1-5H3/t16-/m0/s1. The molecule has 0 saturated heterocycles. The molecule has 1 N–H and O–H groups in total. The van der Waals surface area contributed by atoms with E-state index in [1.54, 1.807) is 20.8 Å². The minimum Gasteiger partial charge on any atom is -0.454 e. The van der Waals surface area contributed by atoms with E-state index in [0.717, 1.165) is 5.56 Å². The fourth-order valence-electron chi connectivity index (χ4n) is 2.95. The van der Waals surface area contributed by atoms with Crippen molar-refractivity contribution in [1.82, 2.24) is 4.98 Å². The van der Waals surface area contributed by atoms with Crippen molar-refractivity contribution in [3.05, 3.63) is 57.9 Å². The molecule has 2 aromatic rings. The molecule has 1 aromatic heterocycles. The van der Waals surface area contributed by atoms with Crippen molar-refractivity contribution in [2.24, 2.45) is 0 Å². The lowest BCUT2D eigenvalue weighted by Crippen LogP contribution is -2.26. The number of Topliss-reactive ketones (excluding diaryl/α,β-unsaturated/α-hetero) is 2. The third-order valence-electron chi connectivity index (χ3n) is 4.32. The molecule has 0 aliphatic carbocycles. The van der Waals surface area contributed by atoms with Crippen LogP contribution in [0.5, 0.6) is 0 Å². The van der Waals surface area contributed by atoms with Crippen LogP contribution in [0, 0.1) is 20.8 Å². The third kappa shape index (κ3) is 5.32. The highest BCUT2D eigenvalue weighted by atomic mass is 32.2. The SMILES string of the molecule is CC(=O)c1c(C)[nH]c(C(=O)[C@H](C)OC(=O)CSCc2ccc(C)cc2)c1C. The maximum Gasteiger partial charge on any atom is 0.316 e. The molecule has 0 aliphatic rings. The van der Waals surface area contributed by atoms with Gasteiger partial charge in [0.1, 0.15) is 0 Å². The first kappa shape index (κ1) is 21.0. The molecule has 0 bridgehead atoms. The molecule has 0 spiro atoms. The molecule has 1 aromatic carbocycles. The number of H-pyrrole nitrogens is 1. The molecule has 0 fully saturated rings. The number of nitrogens with one attached hydrogen (secondary N) is 1. The average Bonchev–Trinajstić information content (AvgIpc) is 2.90. The molecular weight excluding hydrogens is 362 g/mol. The van der Waals surface area contributed by atoms with E-state index in [-0.39, 0.29) is 17.3 Å². The largest absolute Gasteiger partial charge is 0.454 e. The molecule has 0 saturated carbocycles. The second-order valence-electron chi connectivity index (χ2n) is 6.66. The van der Waals surface area contributed by atoms with Crippen LogP contribution in [0.2, 0.25) is 0 Å². The summed E-state index contributed by atoms with van der Waals surface area (Å²) in [7, 11) is 0. The van der Waals surface area contributed by atoms with Gasteiger partial charge in [-0.2, -0.15) is 0 Å². The van der Waals surface area contributed by atoms with Crippen molar-refractivity contribution in [1.29, 1.82) is 0 Å². The van der Waals surface area contributed by atoms with Gasteiger partial charge in [-0.1, -0.05) is 29.8 Å². The summed E-state index contributed by atoms with van der Waals surface area (Å²) >= 11 is 1.45. The lowest BCUT2D eigenvalue weighted by atomic mass is 10.0. The zero-order chi connectivity index (χ0) is 20.1. The summed E-state index contributed by atoms with van der Waals surface area (Å²) in [6.45, 7) is 8.51. The number of ketones is 2. The number of carbonyl (C=O) groups is 3. The van der Waals surface area contributed by atoms with Crippen LogP contribution in [-0.4, -0.2) is 34.4 Å². The maximum atomic E-state index is 12.6. The summed E-state index contributed by atoms with van der Waals surface area (Å²) in [5.74, 6) is 0.0137. The topological polar surface area (TPSA) is 76.2 Å². The summed E-state index contributed by atoms with van der Waals surface area (Å²) in [4.78, 5) is 39.3. The molecule has 1 atom stereocenters. The Morgan fingerprint density at radius 3 is 2.30 bits per heavy atom. The van der Waals surface area contributed by atoms with Crippen molar-refractivity contribution in [2.75, 3.05) is 5.75 Å². The normalized spacial score (nSPS) is 11.9. The number of aromatic amines is 1. The number of rotatable bonds is 8. The Kier molecular flexibility index (Phi) is 7.02. The van der Waals surface area contributed by atoms with E-state index in [4.69, 9.17) is 4.74 Å². The number of benzene rings is 1. The van der Waals surface area contributed by atoms with Gasteiger partial charge in [0.2, 0.25) is 5.78 Å². The molecule has 6 heteroatoms. The zero-order valence-corrected chi connectivity index (χ0v) is 17.2. The third-order valence-corrected chi connectivity index (χ3v) is 5.30. The van der Waals surface area contributed by atoms with Crippen LogP contribution in [0.25, 0.3) is 0 Å². The van der Waals surface area contributed by atoms with Gasteiger partial charge in [0, 0.05) is 17.0 Å². The van der Waals surface area contributed by atoms with Gasteiger partial charge in [0.25, 0.3) is 0 Å². The van der Waals surface area contributed by atoms with Crippen molar-refractivity contribution in [3.63, 3.8) is 0 Å². The monoisotopic (exact) mass is 387 g/mol. The van der Waals surface area contributed by atoms with E-state index in [0.29, 0.717) is 28.3 Å². The van der Waals surface area contributed by atoms with Crippen molar-refractivity contribution < 1.29 is 19.1 Å². The van der Waals surface area contributed by atoms with E-state index in [2.05, 4.69) is 4.98 Å². The van der Waals surface area contributed by atoms with Crippen LogP contribution in [0.15, 0.2) is 24.3 Å². The lowest BCUT2D eigenvalue weighted by molar-refractivity contribution is -0.143. The van der Waals surface area contributed by atoms with Gasteiger partial charge in [0.15, 0.2) is 11.9 Å². The van der Waals surface area contributed by atoms with E-state index in [1.165, 1.54) is 24.2 Å². The van der Waals surface area contributed by atoms with Crippen LogP contribution < -0.4 is 0 Å². The Morgan fingerprint density at radius 2 is 1.74 bits per heavy atom. The number of ether oxygens (including phenoxy) is 1.